The van der Waals surface area contributed by atoms with Gasteiger partial charge in [0, 0.05) is 12.5 Å². The highest BCUT2D eigenvalue weighted by molar-refractivity contribution is 4.96. The molecule has 0 saturated carbocycles. The normalized spacial score (nSPS) is 44.6. The highest BCUT2D eigenvalue weighted by Gasteiger charge is 2.49. The van der Waals surface area contributed by atoms with Crippen LogP contribution in [0.5, 0.6) is 0 Å². The van der Waals surface area contributed by atoms with Crippen molar-refractivity contribution in [3.63, 3.8) is 0 Å². The van der Waals surface area contributed by atoms with Crippen LogP contribution in [0.2, 0.25) is 0 Å². The summed E-state index contributed by atoms with van der Waals surface area (Å²) in [5.74, 6) is -0.822. The molecule has 0 aromatic heterocycles. The Balaban J connectivity index is 2.02. The molecule has 2 heterocycles. The highest BCUT2D eigenvalue weighted by atomic mass is 16.7. The summed E-state index contributed by atoms with van der Waals surface area (Å²) in [6, 6.07) is 0. The Morgan fingerprint density at radius 3 is 1.96 bits per heavy atom. The molecule has 0 bridgehead atoms. The average Bonchev–Trinajstić information content (AvgIpc) is 2.70. The summed E-state index contributed by atoms with van der Waals surface area (Å²) < 4.78 is 16.6. The summed E-state index contributed by atoms with van der Waals surface area (Å²) in [7, 11) is 0. The topological polar surface area (TPSA) is 169 Å². The summed E-state index contributed by atoms with van der Waals surface area (Å²) in [5.41, 5.74) is 0. The molecule has 7 N–H and O–H groups in total. The second kappa shape index (κ2) is 11.1. The maximum absolute atomic E-state index is 10.6. The fourth-order valence-electron chi connectivity index (χ4n) is 3.79. The average molecular weight is 410 g/mol. The van der Waals surface area contributed by atoms with Crippen LogP contribution in [0.15, 0.2) is 0 Å². The van der Waals surface area contributed by atoms with Gasteiger partial charge in [0.05, 0.1) is 31.5 Å². The van der Waals surface area contributed by atoms with Crippen molar-refractivity contribution in [2.24, 2.45) is 5.92 Å². The minimum Gasteiger partial charge on any atom is -0.394 e. The Kier molecular flexibility index (Phi) is 9.48. The van der Waals surface area contributed by atoms with Gasteiger partial charge in [-0.05, 0) is 12.8 Å². The van der Waals surface area contributed by atoms with Crippen LogP contribution in [0.25, 0.3) is 0 Å². The number of hydrogen-bond donors (Lipinski definition) is 7. The van der Waals surface area contributed by atoms with E-state index in [1.54, 1.807) is 0 Å². The molecule has 2 aliphatic heterocycles. The molecule has 0 unspecified atom stereocenters. The number of ether oxygens (including phenoxy) is 3. The summed E-state index contributed by atoms with van der Waals surface area (Å²) in [4.78, 5) is 0. The van der Waals surface area contributed by atoms with E-state index >= 15 is 0 Å². The predicted molar refractivity (Wildman–Crippen MR) is 95.1 cm³/mol. The summed E-state index contributed by atoms with van der Waals surface area (Å²) in [6.45, 7) is 1.37. The number of aliphatic hydroxyl groups is 7. The molecule has 2 aliphatic rings. The molecule has 0 aromatic rings. The molecule has 2 saturated heterocycles. The monoisotopic (exact) mass is 410 g/mol. The van der Waals surface area contributed by atoms with Gasteiger partial charge in [0.25, 0.3) is 0 Å². The second-order valence-electron chi connectivity index (χ2n) is 7.55. The van der Waals surface area contributed by atoms with E-state index in [2.05, 4.69) is 0 Å². The molecule has 2 rings (SSSR count). The Hall–Kier alpha value is -0.400. The summed E-state index contributed by atoms with van der Waals surface area (Å²) >= 11 is 0. The van der Waals surface area contributed by atoms with Gasteiger partial charge in [-0.1, -0.05) is 19.8 Å². The van der Waals surface area contributed by atoms with Crippen molar-refractivity contribution in [2.75, 3.05) is 19.8 Å². The molecule has 10 atom stereocenters. The molecule has 0 amide bonds. The van der Waals surface area contributed by atoms with Crippen molar-refractivity contribution in [1.29, 1.82) is 0 Å². The van der Waals surface area contributed by atoms with Gasteiger partial charge in [-0.25, -0.2) is 0 Å². The van der Waals surface area contributed by atoms with Crippen LogP contribution in [-0.4, -0.2) is 111 Å². The lowest BCUT2D eigenvalue weighted by atomic mass is 9.81. The molecule has 10 heteroatoms. The van der Waals surface area contributed by atoms with E-state index in [1.807, 2.05) is 6.92 Å². The van der Waals surface area contributed by atoms with Crippen LogP contribution >= 0.6 is 0 Å². The first-order valence-corrected chi connectivity index (χ1v) is 9.90. The molecule has 0 aliphatic carbocycles. The van der Waals surface area contributed by atoms with Crippen LogP contribution in [0, 0.1) is 5.92 Å². The van der Waals surface area contributed by atoms with Crippen LogP contribution in [0.4, 0.5) is 0 Å². The molecule has 0 radical (unpaired) electrons. The lowest BCUT2D eigenvalue weighted by molar-refractivity contribution is -0.299. The van der Waals surface area contributed by atoms with Crippen molar-refractivity contribution in [3.8, 4) is 0 Å². The number of rotatable bonds is 9. The third kappa shape index (κ3) is 5.39. The molecule has 10 nitrogen and oxygen atoms in total. The molecule has 166 valence electrons. The first-order chi connectivity index (χ1) is 13.3. The molecular formula is C18H34O10. The van der Waals surface area contributed by atoms with Crippen LogP contribution in [0.3, 0.4) is 0 Å². The Morgan fingerprint density at radius 2 is 1.36 bits per heavy atom. The van der Waals surface area contributed by atoms with Gasteiger partial charge >= 0.3 is 0 Å². The largest absolute Gasteiger partial charge is 0.394 e. The van der Waals surface area contributed by atoms with Gasteiger partial charge in [0.1, 0.15) is 30.5 Å². The van der Waals surface area contributed by atoms with Crippen LogP contribution < -0.4 is 0 Å². The zero-order chi connectivity index (χ0) is 20.8. The van der Waals surface area contributed by atoms with E-state index < -0.39 is 74.3 Å². The Bertz CT molecular complexity index is 448. The van der Waals surface area contributed by atoms with Crippen molar-refractivity contribution in [2.45, 2.75) is 87.7 Å². The van der Waals surface area contributed by atoms with E-state index in [9.17, 15) is 35.7 Å². The molecule has 28 heavy (non-hydrogen) atoms. The van der Waals surface area contributed by atoms with Gasteiger partial charge in [-0.2, -0.15) is 0 Å². The minimum atomic E-state index is -1.54. The Labute approximate surface area is 164 Å². The van der Waals surface area contributed by atoms with Gasteiger partial charge in [0.15, 0.2) is 6.29 Å². The number of aliphatic hydroxyl groups excluding tert-OH is 7. The zero-order valence-corrected chi connectivity index (χ0v) is 16.1. The predicted octanol–water partition coefficient (Wildman–Crippen LogP) is -2.52. The molecule has 0 spiro atoms. The zero-order valence-electron chi connectivity index (χ0n) is 16.1. The first-order valence-electron chi connectivity index (χ1n) is 9.90. The third-order valence-electron chi connectivity index (χ3n) is 5.56. The summed E-state index contributed by atoms with van der Waals surface area (Å²) in [5, 5.41) is 69.8. The van der Waals surface area contributed by atoms with E-state index in [0.717, 1.165) is 19.3 Å². The smallest absolute Gasteiger partial charge is 0.186 e. The van der Waals surface area contributed by atoms with Crippen molar-refractivity contribution in [1.82, 2.24) is 0 Å². The number of hydrogen-bond acceptors (Lipinski definition) is 10. The first kappa shape index (κ1) is 23.9. The quantitative estimate of drug-likeness (QED) is 0.201. The van der Waals surface area contributed by atoms with E-state index in [-0.39, 0.29) is 6.42 Å². The summed E-state index contributed by atoms with van der Waals surface area (Å²) in [6.07, 6.45) is -8.61. The van der Waals surface area contributed by atoms with Crippen LogP contribution in [0.1, 0.15) is 32.6 Å². The molecule has 0 aromatic carbocycles. The fourth-order valence-corrected chi connectivity index (χ4v) is 3.79. The maximum atomic E-state index is 10.6. The van der Waals surface area contributed by atoms with Crippen molar-refractivity contribution < 1.29 is 50.0 Å². The van der Waals surface area contributed by atoms with Crippen molar-refractivity contribution in [3.05, 3.63) is 0 Å². The second-order valence-corrected chi connectivity index (χ2v) is 7.55. The molecular weight excluding hydrogens is 376 g/mol. The van der Waals surface area contributed by atoms with E-state index in [0.29, 0.717) is 6.61 Å². The highest BCUT2D eigenvalue weighted by Crippen LogP contribution is 2.34. The SMILES string of the molecule is CCCCCO[C@@H]1O[C@H](CO)[C@@H](C[C@@H]2O[C@H](CO)[C@@H](O)[C@H](O)[C@H]2O)[C@H](O)[C@H]1O. The van der Waals surface area contributed by atoms with Gasteiger partial charge in [-0.3, -0.25) is 0 Å². The van der Waals surface area contributed by atoms with Gasteiger partial charge < -0.3 is 50.0 Å². The van der Waals surface area contributed by atoms with Gasteiger partial charge in [0.2, 0.25) is 0 Å². The van der Waals surface area contributed by atoms with Crippen LogP contribution in [-0.2, 0) is 14.2 Å². The maximum Gasteiger partial charge on any atom is 0.186 e. The van der Waals surface area contributed by atoms with Crippen molar-refractivity contribution >= 4 is 0 Å². The van der Waals surface area contributed by atoms with E-state index in [1.165, 1.54) is 0 Å². The fraction of sp³-hybridized carbons (Fsp3) is 1.00. The Morgan fingerprint density at radius 1 is 0.714 bits per heavy atom. The van der Waals surface area contributed by atoms with Gasteiger partial charge in [-0.15, -0.1) is 0 Å². The van der Waals surface area contributed by atoms with E-state index in [4.69, 9.17) is 14.2 Å². The standard InChI is InChI=1S/C18H34O10/c1-2-3-4-5-26-18-17(25)13(21)9(11(7-19)28-18)6-10-14(22)16(24)15(23)12(8-20)27-10/h9-25H,2-8H2,1H3/t9-,10+,11-,12-,13+,14+,15-,16-,17-,18-/m1/s1. The molecule has 2 fully saturated rings. The third-order valence-corrected chi connectivity index (χ3v) is 5.56. The minimum absolute atomic E-state index is 0.0759. The lowest BCUT2D eigenvalue weighted by Crippen LogP contribution is -2.61. The number of unbranched alkanes of at least 4 members (excludes halogenated alkanes) is 2. The lowest BCUT2D eigenvalue weighted by Gasteiger charge is -2.46.